The molecule has 3 amide bonds. The van der Waals surface area contributed by atoms with Gasteiger partial charge in [-0.15, -0.1) is 0 Å². The summed E-state index contributed by atoms with van der Waals surface area (Å²) in [5.74, 6) is -0.0828. The molecule has 1 aromatic heterocycles. The molecule has 0 aliphatic carbocycles. The summed E-state index contributed by atoms with van der Waals surface area (Å²) in [5, 5.41) is 30.9. The average Bonchev–Trinajstić information content (AvgIpc) is 3.24. The maximum Gasteiger partial charge on any atom is 0.411 e. The van der Waals surface area contributed by atoms with E-state index in [0.29, 0.717) is 73.9 Å². The molecule has 2 heterocycles. The minimum Gasteiger partial charge on any atom is -0.506 e. The molecule has 1 aliphatic heterocycles. The van der Waals surface area contributed by atoms with Crippen LogP contribution in [0.2, 0.25) is 0 Å². The maximum atomic E-state index is 12.9. The number of aromatic nitrogens is 1. The summed E-state index contributed by atoms with van der Waals surface area (Å²) < 4.78 is 5.76. The van der Waals surface area contributed by atoms with Crippen LogP contribution in [0.4, 0.5) is 10.5 Å². The summed E-state index contributed by atoms with van der Waals surface area (Å²) in [6.45, 7) is 5.43. The van der Waals surface area contributed by atoms with E-state index in [-0.39, 0.29) is 55.7 Å². The van der Waals surface area contributed by atoms with Crippen molar-refractivity contribution in [1.29, 1.82) is 0 Å². The van der Waals surface area contributed by atoms with Crippen molar-refractivity contribution in [2.45, 2.75) is 71.1 Å². The Kier molecular flexibility index (Phi) is 17.0. The number of hydrogen-bond acceptors (Lipinski definition) is 9. The number of aromatic amines is 1. The molecule has 4 aromatic carbocycles. The van der Waals surface area contributed by atoms with E-state index in [1.54, 1.807) is 24.1 Å². The lowest BCUT2D eigenvalue weighted by atomic mass is 10.0. The van der Waals surface area contributed by atoms with Gasteiger partial charge in [-0.1, -0.05) is 86.3 Å². The van der Waals surface area contributed by atoms with Gasteiger partial charge in [-0.3, -0.25) is 19.7 Å². The zero-order valence-corrected chi connectivity index (χ0v) is 34.4. The Morgan fingerprint density at radius 1 is 0.934 bits per heavy atom. The van der Waals surface area contributed by atoms with Gasteiger partial charge >= 0.3 is 6.09 Å². The number of phenols is 1. The number of anilines is 1. The first-order valence-corrected chi connectivity index (χ1v) is 20.7. The second-order valence-electron chi connectivity index (χ2n) is 15.6. The van der Waals surface area contributed by atoms with Gasteiger partial charge in [0.05, 0.1) is 23.7 Å². The van der Waals surface area contributed by atoms with Crippen molar-refractivity contribution in [3.8, 4) is 16.9 Å². The number of nitrogens with one attached hydrogen (secondary N) is 4. The molecule has 2 atom stereocenters. The molecule has 1 saturated heterocycles. The van der Waals surface area contributed by atoms with Crippen molar-refractivity contribution in [2.75, 3.05) is 51.6 Å². The Balaban J connectivity index is 0.00000704. The van der Waals surface area contributed by atoms with Crippen LogP contribution in [0.3, 0.4) is 0 Å². The predicted molar refractivity (Wildman–Crippen MR) is 241 cm³/mol. The first-order valence-electron chi connectivity index (χ1n) is 20.7. The number of nitrogens with zero attached hydrogens (tertiary/aromatic N) is 2. The number of aliphatic hydroxyl groups is 1. The van der Waals surface area contributed by atoms with Gasteiger partial charge in [0.15, 0.2) is 0 Å². The second-order valence-corrected chi connectivity index (χ2v) is 15.6. The molecule has 6 N–H and O–H groups in total. The number of pyridine rings is 1. The number of likely N-dealkylation sites (tertiary alicyclic amines) is 1. The third kappa shape index (κ3) is 13.5. The Bertz CT molecular complexity index is 2270. The number of phenolic OH excluding ortho intramolecular Hbond substituents is 1. The summed E-state index contributed by atoms with van der Waals surface area (Å²) in [4.78, 5) is 56.7. The van der Waals surface area contributed by atoms with E-state index in [9.17, 15) is 29.4 Å². The Hall–Kier alpha value is -6.02. The van der Waals surface area contributed by atoms with Gasteiger partial charge in [0.25, 0.3) is 0 Å². The lowest BCUT2D eigenvalue weighted by Gasteiger charge is -2.31. The van der Waals surface area contributed by atoms with Crippen LogP contribution in [-0.2, 0) is 27.2 Å². The number of aromatic hydroxyl groups is 1. The summed E-state index contributed by atoms with van der Waals surface area (Å²) >= 11 is 0. The molecule has 1 fully saturated rings. The third-order valence-corrected chi connectivity index (χ3v) is 10.9. The molecule has 6 rings (SSSR count). The maximum absolute atomic E-state index is 12.9. The van der Waals surface area contributed by atoms with Gasteiger partial charge in [-0.2, -0.15) is 0 Å². The van der Waals surface area contributed by atoms with Crippen LogP contribution in [0.1, 0.15) is 62.8 Å². The van der Waals surface area contributed by atoms with E-state index < -0.39 is 12.2 Å². The average molecular weight is 833 g/mol. The standard InChI is InChI=1S/C47H56N6O7.CH4/c1-32(49-31-42(55)38-16-18-41(54)46-39(38)17-19-43(56)51-46)28-33-10-8-11-34(29-33)30-44(57)48-23-9-24-52(2)45(58)22-27-53-25-20-36(21-26-53)60-47(59)50-40-15-7-6-14-37(40)35-12-4-3-5-13-35;/h3-8,10-19,29,32,36,42,49,54-55H,9,20-28,30-31H2,1-2H3,(H,48,57)(H,50,59)(H,51,56);1H4/t32?,42-;/m0./s1. The molecular formula is C48H60N6O7. The first kappa shape index (κ1) is 46.1. The number of hydrogen-bond donors (Lipinski definition) is 6. The molecule has 13 heteroatoms. The molecule has 1 unspecified atom stereocenters. The van der Waals surface area contributed by atoms with Gasteiger partial charge in [0.2, 0.25) is 17.4 Å². The summed E-state index contributed by atoms with van der Waals surface area (Å²) in [5.41, 5.74) is 5.18. The summed E-state index contributed by atoms with van der Waals surface area (Å²) in [6.07, 6.45) is 1.87. The number of carbonyl (C=O) groups excluding carboxylic acids is 3. The number of amides is 3. The zero-order valence-electron chi connectivity index (χ0n) is 34.4. The molecule has 0 bridgehead atoms. The van der Waals surface area contributed by atoms with Crippen LogP contribution in [0.5, 0.6) is 5.75 Å². The number of fused-ring (bicyclic) bond motifs is 1. The van der Waals surface area contributed by atoms with Crippen LogP contribution < -0.4 is 21.5 Å². The lowest BCUT2D eigenvalue weighted by molar-refractivity contribution is -0.130. The molecule has 324 valence electrons. The summed E-state index contributed by atoms with van der Waals surface area (Å²) in [7, 11) is 1.79. The number of ether oxygens (including phenoxy) is 1. The van der Waals surface area contributed by atoms with E-state index >= 15 is 0 Å². The fourth-order valence-corrected chi connectivity index (χ4v) is 7.63. The van der Waals surface area contributed by atoms with Crippen molar-refractivity contribution in [3.05, 3.63) is 130 Å². The van der Waals surface area contributed by atoms with Gasteiger partial charge in [0.1, 0.15) is 11.9 Å². The van der Waals surface area contributed by atoms with Crippen LogP contribution in [-0.4, -0.2) is 101 Å². The zero-order chi connectivity index (χ0) is 42.4. The number of carbonyl (C=O) groups is 3. The van der Waals surface area contributed by atoms with Crippen molar-refractivity contribution >= 4 is 34.5 Å². The number of aliphatic hydroxyl groups excluding tert-OH is 1. The largest absolute Gasteiger partial charge is 0.506 e. The molecule has 0 saturated carbocycles. The highest BCUT2D eigenvalue weighted by atomic mass is 16.6. The van der Waals surface area contributed by atoms with Gasteiger partial charge in [-0.25, -0.2) is 4.79 Å². The second kappa shape index (κ2) is 22.5. The van der Waals surface area contributed by atoms with Crippen LogP contribution in [0, 0.1) is 0 Å². The van der Waals surface area contributed by atoms with E-state index in [2.05, 4.69) is 25.8 Å². The highest BCUT2D eigenvalue weighted by Crippen LogP contribution is 2.29. The van der Waals surface area contributed by atoms with Gasteiger partial charge in [-0.05, 0) is 73.1 Å². The molecule has 0 spiro atoms. The minimum atomic E-state index is -0.858. The van der Waals surface area contributed by atoms with E-state index in [1.807, 2.05) is 85.8 Å². The SMILES string of the molecule is C.CC(Cc1cccc(CC(=O)NCCCN(C)C(=O)CCN2CCC(OC(=O)Nc3ccccc3-c3ccccc3)CC2)c1)NC[C@H](O)c1ccc(O)c2[nH]c(=O)ccc12. The van der Waals surface area contributed by atoms with Crippen LogP contribution >= 0.6 is 0 Å². The van der Waals surface area contributed by atoms with Gasteiger partial charge < -0.3 is 40.4 Å². The number of rotatable bonds is 18. The van der Waals surface area contributed by atoms with Crippen LogP contribution in [0.15, 0.2) is 108 Å². The number of benzene rings is 4. The fraction of sp³-hybridized carbons (Fsp3) is 0.375. The number of piperidine rings is 1. The Morgan fingerprint density at radius 3 is 2.46 bits per heavy atom. The highest BCUT2D eigenvalue weighted by Gasteiger charge is 2.24. The molecule has 1 aliphatic rings. The van der Waals surface area contributed by atoms with E-state index in [1.165, 1.54) is 12.1 Å². The summed E-state index contributed by atoms with van der Waals surface area (Å²) in [6, 6.07) is 31.6. The molecule has 61 heavy (non-hydrogen) atoms. The minimum absolute atomic E-state index is 0. The normalized spacial score (nSPS) is 14.1. The predicted octanol–water partition coefficient (Wildman–Crippen LogP) is 6.40. The molecule has 5 aromatic rings. The number of para-hydroxylation sites is 1. The lowest BCUT2D eigenvalue weighted by Crippen LogP contribution is -2.40. The fourth-order valence-electron chi connectivity index (χ4n) is 7.63. The van der Waals surface area contributed by atoms with Crippen molar-refractivity contribution in [1.82, 2.24) is 25.4 Å². The Morgan fingerprint density at radius 2 is 1.67 bits per heavy atom. The van der Waals surface area contributed by atoms with Crippen molar-refractivity contribution in [3.63, 3.8) is 0 Å². The first-order chi connectivity index (χ1) is 29.0. The highest BCUT2D eigenvalue weighted by molar-refractivity contribution is 5.91. The van der Waals surface area contributed by atoms with Crippen LogP contribution in [0.25, 0.3) is 22.0 Å². The number of H-pyrrole nitrogens is 1. The van der Waals surface area contributed by atoms with E-state index in [0.717, 1.165) is 35.3 Å². The van der Waals surface area contributed by atoms with E-state index in [4.69, 9.17) is 4.74 Å². The molecule has 13 nitrogen and oxygen atoms in total. The quantitative estimate of drug-likeness (QED) is 0.0546. The van der Waals surface area contributed by atoms with Gasteiger partial charge in [0, 0.05) is 75.8 Å². The Labute approximate surface area is 358 Å². The monoisotopic (exact) mass is 832 g/mol. The topological polar surface area (TPSA) is 176 Å². The van der Waals surface area contributed by atoms with Crippen molar-refractivity contribution < 1.29 is 29.3 Å². The third-order valence-electron chi connectivity index (χ3n) is 10.9. The molecular weight excluding hydrogens is 773 g/mol. The molecule has 0 radical (unpaired) electrons. The smallest absolute Gasteiger partial charge is 0.411 e. The van der Waals surface area contributed by atoms with Crippen molar-refractivity contribution in [2.24, 2.45) is 0 Å².